The second kappa shape index (κ2) is 5.16. The molecular formula is C12H17NO2S. The van der Waals surface area contributed by atoms with E-state index in [9.17, 15) is 0 Å². The van der Waals surface area contributed by atoms with Crippen LogP contribution in [0, 0.1) is 5.41 Å². The third-order valence-corrected chi connectivity index (χ3v) is 2.86. The highest BCUT2D eigenvalue weighted by Gasteiger charge is 2.22. The first kappa shape index (κ1) is 12.8. The van der Waals surface area contributed by atoms with E-state index in [0.29, 0.717) is 11.6 Å². The van der Waals surface area contributed by atoms with Crippen molar-refractivity contribution in [2.45, 2.75) is 13.8 Å². The number of hydrogen-bond donors (Lipinski definition) is 1. The second-order valence-corrected chi connectivity index (χ2v) is 4.66. The molecule has 0 saturated carbocycles. The van der Waals surface area contributed by atoms with Crippen LogP contribution in [0.5, 0.6) is 11.5 Å². The normalized spacial score (nSPS) is 10.9. The molecular weight excluding hydrogens is 222 g/mol. The summed E-state index contributed by atoms with van der Waals surface area (Å²) in [7, 11) is 1.62. The number of thiocarbonyl (C=S) groups is 1. The Morgan fingerprint density at radius 1 is 1.38 bits per heavy atom. The van der Waals surface area contributed by atoms with E-state index < -0.39 is 0 Å². The van der Waals surface area contributed by atoms with Crippen molar-refractivity contribution in [3.63, 3.8) is 0 Å². The van der Waals surface area contributed by atoms with Gasteiger partial charge >= 0.3 is 0 Å². The second-order valence-electron chi connectivity index (χ2n) is 4.22. The zero-order valence-corrected chi connectivity index (χ0v) is 10.6. The van der Waals surface area contributed by atoms with Gasteiger partial charge in [0.05, 0.1) is 18.7 Å². The zero-order chi connectivity index (χ0) is 12.2. The topological polar surface area (TPSA) is 44.5 Å². The highest BCUT2D eigenvalue weighted by molar-refractivity contribution is 7.80. The number of hydrogen-bond acceptors (Lipinski definition) is 3. The molecule has 1 rings (SSSR count). The summed E-state index contributed by atoms with van der Waals surface area (Å²) in [6, 6.07) is 7.45. The van der Waals surface area contributed by atoms with Crippen molar-refractivity contribution in [1.82, 2.24) is 0 Å². The van der Waals surface area contributed by atoms with E-state index in [4.69, 9.17) is 27.4 Å². The van der Waals surface area contributed by atoms with Crippen LogP contribution < -0.4 is 15.2 Å². The van der Waals surface area contributed by atoms with E-state index >= 15 is 0 Å². The van der Waals surface area contributed by atoms with Gasteiger partial charge in [-0.15, -0.1) is 0 Å². The molecule has 0 saturated heterocycles. The molecule has 0 radical (unpaired) electrons. The van der Waals surface area contributed by atoms with Gasteiger partial charge in [0.1, 0.15) is 11.5 Å². The van der Waals surface area contributed by atoms with E-state index in [0.717, 1.165) is 11.5 Å². The predicted molar refractivity (Wildman–Crippen MR) is 69.1 cm³/mol. The highest BCUT2D eigenvalue weighted by atomic mass is 32.1. The molecule has 2 N–H and O–H groups in total. The Labute approximate surface area is 102 Å². The Morgan fingerprint density at radius 3 is 2.56 bits per heavy atom. The third kappa shape index (κ3) is 3.38. The summed E-state index contributed by atoms with van der Waals surface area (Å²) in [6.45, 7) is 4.36. The first-order valence-electron chi connectivity index (χ1n) is 5.02. The fourth-order valence-electron chi connectivity index (χ4n) is 1.03. The molecule has 1 aromatic rings. The van der Waals surface area contributed by atoms with Gasteiger partial charge in [-0.05, 0) is 12.1 Å². The first-order valence-corrected chi connectivity index (χ1v) is 5.43. The molecule has 1 aromatic carbocycles. The SMILES string of the molecule is COc1cccc(OCC(C)(C)C(N)=S)c1. The van der Waals surface area contributed by atoms with Gasteiger partial charge in [-0.3, -0.25) is 0 Å². The number of ether oxygens (including phenoxy) is 2. The lowest BCUT2D eigenvalue weighted by molar-refractivity contribution is 0.235. The van der Waals surface area contributed by atoms with E-state index in [-0.39, 0.29) is 5.41 Å². The fourth-order valence-corrected chi connectivity index (χ4v) is 1.08. The predicted octanol–water partition coefficient (Wildman–Crippen LogP) is 2.39. The van der Waals surface area contributed by atoms with Crippen molar-refractivity contribution < 1.29 is 9.47 Å². The molecule has 0 aliphatic heterocycles. The number of nitrogens with two attached hydrogens (primary N) is 1. The molecule has 4 heteroatoms. The van der Waals surface area contributed by atoms with Gasteiger partial charge in [0.25, 0.3) is 0 Å². The maximum atomic E-state index is 5.63. The van der Waals surface area contributed by atoms with Gasteiger partial charge in [-0.1, -0.05) is 32.1 Å². The van der Waals surface area contributed by atoms with E-state index in [2.05, 4.69) is 0 Å². The molecule has 0 unspecified atom stereocenters. The van der Waals surface area contributed by atoms with Gasteiger partial charge in [0, 0.05) is 11.5 Å². The van der Waals surface area contributed by atoms with Gasteiger partial charge in [-0.2, -0.15) is 0 Å². The summed E-state index contributed by atoms with van der Waals surface area (Å²) in [6.07, 6.45) is 0. The molecule has 0 aliphatic carbocycles. The first-order chi connectivity index (χ1) is 7.45. The molecule has 88 valence electrons. The van der Waals surface area contributed by atoms with Crippen LogP contribution in [0.2, 0.25) is 0 Å². The van der Waals surface area contributed by atoms with E-state index in [1.165, 1.54) is 0 Å². The van der Waals surface area contributed by atoms with Crippen molar-refractivity contribution in [1.29, 1.82) is 0 Å². The summed E-state index contributed by atoms with van der Waals surface area (Å²) >= 11 is 4.97. The van der Waals surface area contributed by atoms with Crippen molar-refractivity contribution in [2.24, 2.45) is 11.1 Å². The van der Waals surface area contributed by atoms with E-state index in [1.54, 1.807) is 7.11 Å². The van der Waals surface area contributed by atoms with Crippen molar-refractivity contribution in [2.75, 3.05) is 13.7 Å². The van der Waals surface area contributed by atoms with Gasteiger partial charge in [-0.25, -0.2) is 0 Å². The van der Waals surface area contributed by atoms with Gasteiger partial charge in [0.15, 0.2) is 0 Å². The summed E-state index contributed by atoms with van der Waals surface area (Å²) < 4.78 is 10.7. The molecule has 0 aliphatic rings. The maximum Gasteiger partial charge on any atom is 0.123 e. The molecule has 3 nitrogen and oxygen atoms in total. The van der Waals surface area contributed by atoms with Crippen LogP contribution >= 0.6 is 12.2 Å². The van der Waals surface area contributed by atoms with Crippen LogP contribution in [0.4, 0.5) is 0 Å². The Bertz CT molecular complexity index is 377. The van der Waals surface area contributed by atoms with Crippen LogP contribution in [0.1, 0.15) is 13.8 Å². The third-order valence-electron chi connectivity index (χ3n) is 2.31. The minimum atomic E-state index is -0.307. The fraction of sp³-hybridized carbons (Fsp3) is 0.417. The largest absolute Gasteiger partial charge is 0.497 e. The zero-order valence-electron chi connectivity index (χ0n) is 9.82. The number of methoxy groups -OCH3 is 1. The van der Waals surface area contributed by atoms with Crippen molar-refractivity contribution in [3.8, 4) is 11.5 Å². The molecule has 0 spiro atoms. The van der Waals surface area contributed by atoms with Crippen LogP contribution in [-0.2, 0) is 0 Å². The number of rotatable bonds is 5. The minimum Gasteiger partial charge on any atom is -0.497 e. The lowest BCUT2D eigenvalue weighted by Gasteiger charge is -2.23. The average molecular weight is 239 g/mol. The number of benzene rings is 1. The Morgan fingerprint density at radius 2 is 2.00 bits per heavy atom. The van der Waals surface area contributed by atoms with Gasteiger partial charge < -0.3 is 15.2 Å². The average Bonchev–Trinajstić information content (AvgIpc) is 2.26. The monoisotopic (exact) mass is 239 g/mol. The molecule has 0 fully saturated rings. The Hall–Kier alpha value is -1.29. The molecule has 0 bridgehead atoms. The minimum absolute atomic E-state index is 0.307. The quantitative estimate of drug-likeness (QED) is 0.801. The van der Waals surface area contributed by atoms with Crippen molar-refractivity contribution in [3.05, 3.63) is 24.3 Å². The lowest BCUT2D eigenvalue weighted by Crippen LogP contribution is -2.35. The molecule has 0 atom stereocenters. The van der Waals surface area contributed by atoms with Crippen molar-refractivity contribution >= 4 is 17.2 Å². The smallest absolute Gasteiger partial charge is 0.123 e. The summed E-state index contributed by atoms with van der Waals surface area (Å²) in [4.78, 5) is 0.454. The lowest BCUT2D eigenvalue weighted by atomic mass is 9.95. The Kier molecular flexibility index (Phi) is 4.12. The summed E-state index contributed by atoms with van der Waals surface area (Å²) in [5.74, 6) is 1.52. The highest BCUT2D eigenvalue weighted by Crippen LogP contribution is 2.22. The van der Waals surface area contributed by atoms with Crippen LogP contribution in [0.15, 0.2) is 24.3 Å². The molecule has 16 heavy (non-hydrogen) atoms. The van der Waals surface area contributed by atoms with Crippen LogP contribution in [-0.4, -0.2) is 18.7 Å². The van der Waals surface area contributed by atoms with Crippen LogP contribution in [0.3, 0.4) is 0 Å². The van der Waals surface area contributed by atoms with Gasteiger partial charge in [0.2, 0.25) is 0 Å². The summed E-state index contributed by atoms with van der Waals surface area (Å²) in [5.41, 5.74) is 5.31. The Balaban J connectivity index is 2.64. The molecule has 0 heterocycles. The summed E-state index contributed by atoms with van der Waals surface area (Å²) in [5, 5.41) is 0. The molecule has 0 aromatic heterocycles. The van der Waals surface area contributed by atoms with Crippen LogP contribution in [0.25, 0.3) is 0 Å². The van der Waals surface area contributed by atoms with E-state index in [1.807, 2.05) is 38.1 Å². The maximum absolute atomic E-state index is 5.63. The molecule has 0 amide bonds. The standard InChI is InChI=1S/C12H17NO2S/c1-12(2,11(13)16)8-15-10-6-4-5-9(7-10)14-3/h4-7H,8H2,1-3H3,(H2,13,16).